The molecule has 1 atom stereocenters. The summed E-state index contributed by atoms with van der Waals surface area (Å²) in [5, 5.41) is 3.28. The number of carbonyl (C=O) groups excluding carboxylic acids is 2. The Hall–Kier alpha value is -3.56. The Morgan fingerprint density at radius 2 is 1.56 bits per heavy atom. The summed E-state index contributed by atoms with van der Waals surface area (Å²) >= 11 is 6.01. The van der Waals surface area contributed by atoms with E-state index in [2.05, 4.69) is 5.32 Å². The fourth-order valence-electron chi connectivity index (χ4n) is 4.16. The second-order valence-corrected chi connectivity index (χ2v) is 12.3. The molecular formula is C31H38ClN3O5S. The molecule has 0 fully saturated rings. The summed E-state index contributed by atoms with van der Waals surface area (Å²) in [6.45, 7) is 8.14. The third-order valence-corrected chi connectivity index (χ3v) is 8.49. The number of rotatable bonds is 14. The molecule has 0 spiro atoms. The van der Waals surface area contributed by atoms with Gasteiger partial charge in [0.1, 0.15) is 18.3 Å². The molecule has 2 amide bonds. The predicted octanol–water partition coefficient (Wildman–Crippen LogP) is 5.17. The average molecular weight is 600 g/mol. The lowest BCUT2D eigenvalue weighted by molar-refractivity contribution is -0.138. The number of nitrogens with one attached hydrogen (secondary N) is 1. The van der Waals surface area contributed by atoms with Gasteiger partial charge in [-0.05, 0) is 80.3 Å². The SMILES string of the molecule is CCOc1ccc(N(CC(=O)N(CCc2ccccc2)C(C)C(=O)NCC(C)C)S(=O)(=O)c2ccc(Cl)cc2)cc1. The highest BCUT2D eigenvalue weighted by molar-refractivity contribution is 7.92. The monoisotopic (exact) mass is 599 g/mol. The van der Waals surface area contributed by atoms with Gasteiger partial charge >= 0.3 is 0 Å². The van der Waals surface area contributed by atoms with E-state index < -0.39 is 28.5 Å². The first kappa shape index (κ1) is 32.0. The maximum atomic E-state index is 13.9. The first-order valence-corrected chi connectivity index (χ1v) is 15.5. The van der Waals surface area contributed by atoms with Crippen LogP contribution in [0.1, 0.15) is 33.3 Å². The average Bonchev–Trinajstić information content (AvgIpc) is 2.96. The lowest BCUT2D eigenvalue weighted by Crippen LogP contribution is -2.52. The molecule has 0 aliphatic rings. The predicted molar refractivity (Wildman–Crippen MR) is 163 cm³/mol. The van der Waals surface area contributed by atoms with Crippen molar-refractivity contribution in [1.29, 1.82) is 0 Å². The number of anilines is 1. The van der Waals surface area contributed by atoms with Gasteiger partial charge in [-0.1, -0.05) is 55.8 Å². The molecule has 220 valence electrons. The zero-order valence-electron chi connectivity index (χ0n) is 23.9. The molecule has 0 saturated heterocycles. The number of hydrogen-bond acceptors (Lipinski definition) is 5. The molecular weight excluding hydrogens is 562 g/mol. The van der Waals surface area contributed by atoms with E-state index in [9.17, 15) is 18.0 Å². The minimum Gasteiger partial charge on any atom is -0.494 e. The van der Waals surface area contributed by atoms with Gasteiger partial charge in [-0.2, -0.15) is 0 Å². The number of nitrogens with zero attached hydrogens (tertiary/aromatic N) is 2. The van der Waals surface area contributed by atoms with Crippen LogP contribution in [-0.4, -0.2) is 57.4 Å². The molecule has 1 N–H and O–H groups in total. The second kappa shape index (κ2) is 14.9. The van der Waals surface area contributed by atoms with Crippen LogP contribution in [0.4, 0.5) is 5.69 Å². The molecule has 0 bridgehead atoms. The van der Waals surface area contributed by atoms with E-state index >= 15 is 0 Å². The van der Waals surface area contributed by atoms with Gasteiger partial charge in [0, 0.05) is 18.1 Å². The highest BCUT2D eigenvalue weighted by Gasteiger charge is 2.32. The Kier molecular flexibility index (Phi) is 11.6. The fraction of sp³-hybridized carbons (Fsp3) is 0.355. The van der Waals surface area contributed by atoms with Crippen molar-refractivity contribution in [2.75, 3.05) is 30.5 Å². The van der Waals surface area contributed by atoms with Gasteiger partial charge in [0.25, 0.3) is 10.0 Å². The molecule has 0 radical (unpaired) electrons. The lowest BCUT2D eigenvalue weighted by Gasteiger charge is -2.32. The minimum atomic E-state index is -4.17. The molecule has 10 heteroatoms. The van der Waals surface area contributed by atoms with E-state index in [-0.39, 0.29) is 29.0 Å². The van der Waals surface area contributed by atoms with E-state index in [0.717, 1.165) is 9.87 Å². The van der Waals surface area contributed by atoms with Crippen molar-refractivity contribution in [2.24, 2.45) is 5.92 Å². The third kappa shape index (κ3) is 8.96. The molecule has 8 nitrogen and oxygen atoms in total. The van der Waals surface area contributed by atoms with Crippen molar-refractivity contribution in [3.8, 4) is 5.75 Å². The van der Waals surface area contributed by atoms with E-state index in [0.29, 0.717) is 30.3 Å². The quantitative estimate of drug-likeness (QED) is 0.276. The molecule has 0 aliphatic heterocycles. The summed E-state index contributed by atoms with van der Waals surface area (Å²) in [5.41, 5.74) is 1.29. The highest BCUT2D eigenvalue weighted by atomic mass is 35.5. The van der Waals surface area contributed by atoms with Crippen LogP contribution < -0.4 is 14.4 Å². The number of benzene rings is 3. The first-order valence-electron chi connectivity index (χ1n) is 13.6. The van der Waals surface area contributed by atoms with Gasteiger partial charge in [-0.15, -0.1) is 0 Å². The van der Waals surface area contributed by atoms with Crippen LogP contribution in [0, 0.1) is 5.92 Å². The topological polar surface area (TPSA) is 96.0 Å². The summed E-state index contributed by atoms with van der Waals surface area (Å²) in [6.07, 6.45) is 0.501. The maximum Gasteiger partial charge on any atom is 0.264 e. The van der Waals surface area contributed by atoms with Crippen LogP contribution in [0.5, 0.6) is 5.75 Å². The summed E-state index contributed by atoms with van der Waals surface area (Å²) in [5.74, 6) is 0.0125. The van der Waals surface area contributed by atoms with Crippen molar-refractivity contribution in [3.05, 3.63) is 89.4 Å². The lowest BCUT2D eigenvalue weighted by atomic mass is 10.1. The molecule has 3 rings (SSSR count). The van der Waals surface area contributed by atoms with Crippen LogP contribution in [0.15, 0.2) is 83.8 Å². The molecule has 3 aromatic carbocycles. The van der Waals surface area contributed by atoms with Crippen molar-refractivity contribution in [2.45, 2.75) is 45.1 Å². The van der Waals surface area contributed by atoms with Crippen LogP contribution >= 0.6 is 11.6 Å². The maximum absolute atomic E-state index is 13.9. The second-order valence-electron chi connectivity index (χ2n) is 10.0. The molecule has 0 aliphatic carbocycles. The van der Waals surface area contributed by atoms with Gasteiger partial charge in [0.2, 0.25) is 11.8 Å². The smallest absolute Gasteiger partial charge is 0.264 e. The van der Waals surface area contributed by atoms with Crippen LogP contribution in [0.2, 0.25) is 5.02 Å². The normalized spacial score (nSPS) is 12.0. The van der Waals surface area contributed by atoms with Crippen molar-refractivity contribution < 1.29 is 22.7 Å². The molecule has 3 aromatic rings. The minimum absolute atomic E-state index is 0.0119. The Labute approximate surface area is 248 Å². The Balaban J connectivity index is 1.97. The van der Waals surface area contributed by atoms with Gasteiger partial charge in [0.15, 0.2) is 0 Å². The number of sulfonamides is 1. The van der Waals surface area contributed by atoms with Gasteiger partial charge < -0.3 is 15.0 Å². The number of halogens is 1. The first-order chi connectivity index (χ1) is 19.5. The summed E-state index contributed by atoms with van der Waals surface area (Å²) in [4.78, 5) is 28.4. The standard InChI is InChI=1S/C31H38ClN3O5S/c1-5-40-28-15-13-27(14-16-28)35(41(38,39)29-17-11-26(32)12-18-29)22-30(36)34(20-19-25-9-7-6-8-10-25)24(4)31(37)33-21-23(2)3/h6-18,23-24H,5,19-22H2,1-4H3,(H,33,37). The van der Waals surface area contributed by atoms with E-state index in [1.165, 1.54) is 29.2 Å². The number of amides is 2. The molecule has 0 heterocycles. The summed E-state index contributed by atoms with van der Waals surface area (Å²) in [7, 11) is -4.17. The van der Waals surface area contributed by atoms with E-state index in [1.54, 1.807) is 31.2 Å². The highest BCUT2D eigenvalue weighted by Crippen LogP contribution is 2.27. The van der Waals surface area contributed by atoms with E-state index in [4.69, 9.17) is 16.3 Å². The largest absolute Gasteiger partial charge is 0.494 e. The van der Waals surface area contributed by atoms with Gasteiger partial charge in [-0.25, -0.2) is 8.42 Å². The molecule has 0 saturated carbocycles. The van der Waals surface area contributed by atoms with E-state index in [1.807, 2.05) is 51.1 Å². The van der Waals surface area contributed by atoms with Gasteiger partial charge in [-0.3, -0.25) is 13.9 Å². The molecule has 0 aromatic heterocycles. The Morgan fingerprint density at radius 3 is 2.15 bits per heavy atom. The van der Waals surface area contributed by atoms with Crippen molar-refractivity contribution in [3.63, 3.8) is 0 Å². The Bertz CT molecular complexity index is 1380. The third-order valence-electron chi connectivity index (χ3n) is 6.45. The van der Waals surface area contributed by atoms with Crippen LogP contribution in [-0.2, 0) is 26.0 Å². The van der Waals surface area contributed by atoms with Crippen molar-refractivity contribution >= 4 is 39.1 Å². The van der Waals surface area contributed by atoms with Crippen molar-refractivity contribution in [1.82, 2.24) is 10.2 Å². The summed E-state index contributed by atoms with van der Waals surface area (Å²) in [6, 6.07) is 21.1. The molecule has 41 heavy (non-hydrogen) atoms. The van der Waals surface area contributed by atoms with Gasteiger partial charge in [0.05, 0.1) is 17.2 Å². The molecule has 1 unspecified atom stereocenters. The van der Waals surface area contributed by atoms with Crippen LogP contribution in [0.3, 0.4) is 0 Å². The number of carbonyl (C=O) groups is 2. The summed E-state index contributed by atoms with van der Waals surface area (Å²) < 4.78 is 34.3. The Morgan fingerprint density at radius 1 is 0.927 bits per heavy atom. The number of hydrogen-bond donors (Lipinski definition) is 1. The fourth-order valence-corrected chi connectivity index (χ4v) is 5.70. The van der Waals surface area contributed by atoms with Crippen LogP contribution in [0.25, 0.3) is 0 Å². The zero-order valence-corrected chi connectivity index (χ0v) is 25.5. The number of ether oxygens (including phenoxy) is 1. The zero-order chi connectivity index (χ0) is 30.0.